The maximum Gasteiger partial charge on any atom is 0.227 e. The Labute approximate surface area is 486 Å². The number of oxazole rings is 2. The molecule has 0 atom stereocenters. The van der Waals surface area contributed by atoms with Crippen LogP contribution >= 0.6 is 0 Å². The third-order valence-electron chi connectivity index (χ3n) is 17.4. The molecule has 0 spiro atoms. The van der Waals surface area contributed by atoms with E-state index >= 15 is 0 Å². The van der Waals surface area contributed by atoms with Crippen LogP contribution < -0.4 is 9.80 Å². The molecule has 0 fully saturated rings. The van der Waals surface area contributed by atoms with Gasteiger partial charge in [0.15, 0.2) is 11.2 Å². The first-order valence-corrected chi connectivity index (χ1v) is 28.6. The molecule has 0 saturated carbocycles. The molecule has 3 heterocycles. The summed E-state index contributed by atoms with van der Waals surface area (Å²) in [5, 5.41) is 0. The van der Waals surface area contributed by atoms with Crippen molar-refractivity contribution in [2.45, 2.75) is 38.5 Å². The predicted molar refractivity (Wildman–Crippen MR) is 341 cm³/mol. The summed E-state index contributed by atoms with van der Waals surface area (Å²) >= 11 is 0. The lowest BCUT2D eigenvalue weighted by atomic mass is 9.82. The highest BCUT2D eigenvalue weighted by molar-refractivity contribution is 5.91. The van der Waals surface area contributed by atoms with E-state index in [1.54, 1.807) is 0 Å². The highest BCUT2D eigenvalue weighted by Crippen LogP contribution is 2.53. The Morgan fingerprint density at radius 1 is 0.274 bits per heavy atom. The Kier molecular flexibility index (Phi) is 11.1. The van der Waals surface area contributed by atoms with Gasteiger partial charge in [-0.05, 0) is 178 Å². The summed E-state index contributed by atoms with van der Waals surface area (Å²) < 4.78 is 12.4. The molecule has 16 rings (SSSR count). The lowest BCUT2D eigenvalue weighted by Crippen LogP contribution is -2.16. The summed E-state index contributed by atoms with van der Waals surface area (Å²) in [5.74, 6) is 1.18. The zero-order chi connectivity index (χ0) is 56.3. The van der Waals surface area contributed by atoms with Gasteiger partial charge in [-0.15, -0.1) is 0 Å². The van der Waals surface area contributed by atoms with E-state index in [0.29, 0.717) is 11.8 Å². The van der Waals surface area contributed by atoms with E-state index in [0.717, 1.165) is 101 Å². The topological polar surface area (TPSA) is 84.3 Å². The average molecular weight is 1080 g/mol. The largest absolute Gasteiger partial charge is 0.436 e. The number of para-hydroxylation sites is 6. The molecule has 14 aromatic rings. The van der Waals surface area contributed by atoms with Crippen LogP contribution in [0.4, 0.5) is 34.1 Å². The zero-order valence-electron chi connectivity index (χ0n) is 46.7. The van der Waals surface area contributed by atoms with Gasteiger partial charge in [-0.1, -0.05) is 149 Å². The molecule has 11 aromatic carbocycles. The highest BCUT2D eigenvalue weighted by atomic mass is 16.4. The van der Waals surface area contributed by atoms with Crippen molar-refractivity contribution in [2.24, 2.45) is 0 Å². The van der Waals surface area contributed by atoms with Gasteiger partial charge in [0.05, 0.1) is 22.4 Å². The number of hydrogen-bond donors (Lipinski definition) is 0. The van der Waals surface area contributed by atoms with Gasteiger partial charge >= 0.3 is 0 Å². The van der Waals surface area contributed by atoms with Crippen LogP contribution in [0.25, 0.3) is 101 Å². The lowest BCUT2D eigenvalue weighted by molar-refractivity contribution is 0.619. The van der Waals surface area contributed by atoms with Gasteiger partial charge in [0.1, 0.15) is 11.0 Å². The van der Waals surface area contributed by atoms with Crippen molar-refractivity contribution >= 4 is 67.4 Å². The molecule has 3 aromatic heterocycles. The Bertz CT molecular complexity index is 4530. The Morgan fingerprint density at radius 3 is 0.964 bits per heavy atom. The maximum absolute atomic E-state index is 6.21. The number of benzene rings is 11. The van der Waals surface area contributed by atoms with E-state index in [-0.39, 0.29) is 10.8 Å². The second-order valence-electron chi connectivity index (χ2n) is 23.0. The molecule has 0 amide bonds. The van der Waals surface area contributed by atoms with Crippen LogP contribution in [0.2, 0.25) is 0 Å². The lowest BCUT2D eigenvalue weighted by Gasteiger charge is -2.28. The number of rotatable bonds is 10. The quantitative estimate of drug-likeness (QED) is 0.134. The first kappa shape index (κ1) is 49.1. The molecule has 84 heavy (non-hydrogen) atoms. The van der Waals surface area contributed by atoms with Crippen LogP contribution in [0, 0.1) is 0 Å². The van der Waals surface area contributed by atoms with Crippen LogP contribution in [-0.2, 0) is 10.8 Å². The fourth-order valence-corrected chi connectivity index (χ4v) is 13.0. The summed E-state index contributed by atoms with van der Waals surface area (Å²) in [6.45, 7) is 9.32. The van der Waals surface area contributed by atoms with Crippen molar-refractivity contribution in [1.82, 2.24) is 19.9 Å². The molecule has 0 saturated heterocycles. The molecule has 8 nitrogen and oxygen atoms in total. The molecule has 0 bridgehead atoms. The molecular weight excluding hydrogens is 1030 g/mol. The van der Waals surface area contributed by atoms with Gasteiger partial charge in [-0.25, -0.2) is 19.9 Å². The van der Waals surface area contributed by atoms with Gasteiger partial charge in [0.2, 0.25) is 11.8 Å². The number of hydrogen-bond acceptors (Lipinski definition) is 8. The first-order chi connectivity index (χ1) is 41.1. The monoisotopic (exact) mass is 1080 g/mol. The smallest absolute Gasteiger partial charge is 0.227 e. The Morgan fingerprint density at radius 2 is 0.583 bits per heavy atom. The van der Waals surface area contributed by atoms with E-state index in [9.17, 15) is 0 Å². The number of fused-ring (bicyclic) bond motifs is 9. The SMILES string of the molecule is CC1(C)c2ccccc2-c2ccc(N(c3ccc(-c4nc5ccccc5o4)cc3)c3ccc(-c4nc5ccccc5nc4-c4ccc(N(c5ccc(-c6nc7ccccc7o6)cc5)c5ccc6c(c5)C(C)(C)c5ccccc5-6)cc4)cc3)cc21. The van der Waals surface area contributed by atoms with Gasteiger partial charge < -0.3 is 18.6 Å². The van der Waals surface area contributed by atoms with Crippen LogP contribution in [0.15, 0.2) is 264 Å². The van der Waals surface area contributed by atoms with E-state index in [1.165, 1.54) is 44.5 Å². The Hall–Kier alpha value is -10.7. The van der Waals surface area contributed by atoms with E-state index < -0.39 is 0 Å². The third-order valence-corrected chi connectivity index (χ3v) is 17.4. The normalized spacial score (nSPS) is 13.4. The van der Waals surface area contributed by atoms with Crippen molar-refractivity contribution in [2.75, 3.05) is 9.80 Å². The fourth-order valence-electron chi connectivity index (χ4n) is 13.0. The fraction of sp³-hybridized carbons (Fsp3) is 0.0789. The third kappa shape index (κ3) is 7.97. The number of nitrogens with zero attached hydrogens (tertiary/aromatic N) is 6. The molecule has 0 N–H and O–H groups in total. The summed E-state index contributed by atoms with van der Waals surface area (Å²) in [6, 6.07) is 89.8. The number of anilines is 6. The van der Waals surface area contributed by atoms with Crippen molar-refractivity contribution in [1.29, 1.82) is 0 Å². The van der Waals surface area contributed by atoms with Crippen LogP contribution in [0.5, 0.6) is 0 Å². The minimum atomic E-state index is -0.178. The standard InChI is InChI=1S/C76H54N6O2/c1-75(2)61-17-7-5-15-57(61)59-43-41-55(45-63(59)75)81(53-37-29-49(30-38-53)73-79-67-21-11-13-23-69(67)83-73)51-33-25-47(26-34-51)71-72(78-66-20-10-9-19-65(66)77-71)48-27-35-52(36-28-48)82(54-39-31-50(32-40-54)74-80-68-22-12-14-24-70(68)84-74)56-42-44-60-58-16-6-8-18-62(58)76(3,4)64(60)46-56/h5-46H,1-4H3. The van der Waals surface area contributed by atoms with Gasteiger partial charge in [0, 0.05) is 67.2 Å². The Balaban J connectivity index is 0.780. The first-order valence-electron chi connectivity index (χ1n) is 28.6. The second kappa shape index (κ2) is 18.9. The van der Waals surface area contributed by atoms with Crippen molar-refractivity contribution < 1.29 is 8.83 Å². The summed E-state index contributed by atoms with van der Waals surface area (Å²) in [7, 11) is 0. The predicted octanol–water partition coefficient (Wildman–Crippen LogP) is 20.1. The minimum Gasteiger partial charge on any atom is -0.436 e. The number of aromatic nitrogens is 4. The molecule has 0 aliphatic heterocycles. The van der Waals surface area contributed by atoms with Crippen LogP contribution in [-0.4, -0.2) is 19.9 Å². The molecule has 2 aliphatic rings. The average Bonchev–Trinajstić information content (AvgIpc) is 2.58. The van der Waals surface area contributed by atoms with E-state index in [4.69, 9.17) is 28.8 Å². The van der Waals surface area contributed by atoms with Gasteiger partial charge in [-0.2, -0.15) is 0 Å². The summed E-state index contributed by atoms with van der Waals surface area (Å²) in [4.78, 5) is 25.1. The second-order valence-corrected chi connectivity index (χ2v) is 23.0. The van der Waals surface area contributed by atoms with Crippen molar-refractivity contribution in [3.8, 4) is 67.7 Å². The molecular formula is C76H54N6O2. The van der Waals surface area contributed by atoms with Gasteiger partial charge in [0.25, 0.3) is 0 Å². The van der Waals surface area contributed by atoms with E-state index in [2.05, 4.69) is 219 Å². The molecule has 0 unspecified atom stereocenters. The van der Waals surface area contributed by atoms with Gasteiger partial charge in [-0.3, -0.25) is 0 Å². The zero-order valence-corrected chi connectivity index (χ0v) is 46.7. The van der Waals surface area contributed by atoms with Crippen molar-refractivity contribution in [3.63, 3.8) is 0 Å². The van der Waals surface area contributed by atoms with Crippen molar-refractivity contribution in [3.05, 3.63) is 277 Å². The van der Waals surface area contributed by atoms with Crippen LogP contribution in [0.1, 0.15) is 49.9 Å². The molecule has 2 aliphatic carbocycles. The molecule has 0 radical (unpaired) electrons. The molecule has 8 heteroatoms. The summed E-state index contributed by atoms with van der Waals surface area (Å²) in [5.41, 5.74) is 26.4. The summed E-state index contributed by atoms with van der Waals surface area (Å²) in [6.07, 6.45) is 0. The highest BCUT2D eigenvalue weighted by Gasteiger charge is 2.37. The minimum absolute atomic E-state index is 0.178. The maximum atomic E-state index is 6.21. The van der Waals surface area contributed by atoms with E-state index in [1.807, 2.05) is 72.8 Å². The molecule has 400 valence electrons. The van der Waals surface area contributed by atoms with Crippen LogP contribution in [0.3, 0.4) is 0 Å².